The van der Waals surface area contributed by atoms with Crippen molar-refractivity contribution in [3.63, 3.8) is 0 Å². The minimum Gasteiger partial charge on any atom is -0.356 e. The molecule has 0 atom stereocenters. The second kappa shape index (κ2) is 8.77. The highest BCUT2D eigenvalue weighted by Gasteiger charge is 2.16. The van der Waals surface area contributed by atoms with Crippen LogP contribution in [0.15, 0.2) is 4.99 Å². The number of guanidine groups is 1. The number of amides is 1. The number of nitrogens with zero attached hydrogens (tertiary/aromatic N) is 2. The molecule has 19 heavy (non-hydrogen) atoms. The Hall–Kier alpha value is -1.26. The Morgan fingerprint density at radius 2 is 1.89 bits per heavy atom. The number of hydrogen-bond donors (Lipinski definition) is 2. The monoisotopic (exact) mass is 268 g/mol. The number of likely N-dealkylation sites (tertiary alicyclic amines) is 1. The molecule has 0 bridgehead atoms. The van der Waals surface area contributed by atoms with Crippen molar-refractivity contribution in [1.29, 1.82) is 0 Å². The molecule has 0 saturated carbocycles. The molecule has 0 aromatic heterocycles. The molecule has 0 radical (unpaired) electrons. The lowest BCUT2D eigenvalue weighted by Crippen LogP contribution is -2.46. The fourth-order valence-electron chi connectivity index (χ4n) is 2.11. The van der Waals surface area contributed by atoms with Crippen molar-refractivity contribution in [3.05, 3.63) is 0 Å². The minimum atomic E-state index is 0.173. The maximum atomic E-state index is 12.0. The summed E-state index contributed by atoms with van der Waals surface area (Å²) < 4.78 is 0. The van der Waals surface area contributed by atoms with E-state index < -0.39 is 0 Å². The van der Waals surface area contributed by atoms with Crippen molar-refractivity contribution in [1.82, 2.24) is 15.5 Å². The quantitative estimate of drug-likeness (QED) is 0.582. The fraction of sp³-hybridized carbons (Fsp3) is 0.857. The molecule has 1 heterocycles. The number of hydrogen-bond acceptors (Lipinski definition) is 2. The van der Waals surface area contributed by atoms with Crippen molar-refractivity contribution in [3.8, 4) is 0 Å². The standard InChI is InChI=1S/C14H28N4O/c1-12(2)7-8-16-14(15-3)17-11-13(19)18-9-5-4-6-10-18/h12H,4-11H2,1-3H3,(H2,15,16,17). The third kappa shape index (κ3) is 6.45. The van der Waals surface area contributed by atoms with Gasteiger partial charge >= 0.3 is 0 Å². The molecule has 0 aromatic carbocycles. The van der Waals surface area contributed by atoms with E-state index in [0.717, 1.165) is 38.9 Å². The van der Waals surface area contributed by atoms with Gasteiger partial charge in [0.2, 0.25) is 5.91 Å². The van der Waals surface area contributed by atoms with Crippen molar-refractivity contribution < 1.29 is 4.79 Å². The summed E-state index contributed by atoms with van der Waals surface area (Å²) in [7, 11) is 1.73. The van der Waals surface area contributed by atoms with Gasteiger partial charge in [-0.2, -0.15) is 0 Å². The molecule has 0 spiro atoms. The first-order valence-corrected chi connectivity index (χ1v) is 7.35. The molecule has 5 nitrogen and oxygen atoms in total. The molecule has 1 rings (SSSR count). The molecule has 110 valence electrons. The molecule has 1 saturated heterocycles. The van der Waals surface area contributed by atoms with Crippen LogP contribution in [-0.2, 0) is 4.79 Å². The summed E-state index contributed by atoms with van der Waals surface area (Å²) in [4.78, 5) is 18.0. The molecule has 0 aromatic rings. The van der Waals surface area contributed by atoms with E-state index in [1.165, 1.54) is 6.42 Å². The molecule has 0 aliphatic carbocycles. The van der Waals surface area contributed by atoms with Gasteiger partial charge in [0.15, 0.2) is 5.96 Å². The summed E-state index contributed by atoms with van der Waals surface area (Å²) in [6, 6.07) is 0. The Morgan fingerprint density at radius 1 is 1.21 bits per heavy atom. The van der Waals surface area contributed by atoms with Crippen molar-refractivity contribution in [2.75, 3.05) is 33.2 Å². The Balaban J connectivity index is 2.22. The van der Waals surface area contributed by atoms with Crippen LogP contribution >= 0.6 is 0 Å². The smallest absolute Gasteiger partial charge is 0.241 e. The van der Waals surface area contributed by atoms with Gasteiger partial charge in [-0.05, 0) is 31.6 Å². The minimum absolute atomic E-state index is 0.173. The van der Waals surface area contributed by atoms with E-state index in [2.05, 4.69) is 29.5 Å². The van der Waals surface area contributed by atoms with E-state index in [1.807, 2.05) is 4.90 Å². The number of rotatable bonds is 5. The Labute approximate surface area is 116 Å². The highest BCUT2D eigenvalue weighted by atomic mass is 16.2. The first-order chi connectivity index (χ1) is 9.13. The second-order valence-electron chi connectivity index (χ2n) is 5.48. The molecular weight excluding hydrogens is 240 g/mol. The van der Waals surface area contributed by atoms with Crippen molar-refractivity contribution >= 4 is 11.9 Å². The van der Waals surface area contributed by atoms with E-state index in [4.69, 9.17) is 0 Å². The summed E-state index contributed by atoms with van der Waals surface area (Å²) in [6.07, 6.45) is 4.61. The van der Waals surface area contributed by atoms with Crippen molar-refractivity contribution in [2.24, 2.45) is 10.9 Å². The highest BCUT2D eigenvalue weighted by molar-refractivity contribution is 5.86. The highest BCUT2D eigenvalue weighted by Crippen LogP contribution is 2.08. The van der Waals surface area contributed by atoms with E-state index in [-0.39, 0.29) is 5.91 Å². The molecular formula is C14H28N4O. The number of carbonyl (C=O) groups excluding carboxylic acids is 1. The van der Waals surface area contributed by atoms with Gasteiger partial charge in [0.05, 0.1) is 6.54 Å². The molecule has 1 aliphatic heterocycles. The third-order valence-electron chi connectivity index (χ3n) is 3.35. The summed E-state index contributed by atoms with van der Waals surface area (Å²) in [5.41, 5.74) is 0. The number of carbonyl (C=O) groups is 1. The molecule has 1 amide bonds. The number of aliphatic imine (C=N–C) groups is 1. The molecule has 5 heteroatoms. The molecule has 1 aliphatic rings. The number of nitrogens with one attached hydrogen (secondary N) is 2. The second-order valence-corrected chi connectivity index (χ2v) is 5.48. The normalized spacial score (nSPS) is 16.6. The van der Waals surface area contributed by atoms with Crippen LogP contribution in [-0.4, -0.2) is 50.0 Å². The Bertz CT molecular complexity index is 296. The predicted molar refractivity (Wildman–Crippen MR) is 79.3 cm³/mol. The average molecular weight is 268 g/mol. The first kappa shape index (κ1) is 15.8. The van der Waals surface area contributed by atoms with Crippen LogP contribution in [0.4, 0.5) is 0 Å². The lowest BCUT2D eigenvalue weighted by molar-refractivity contribution is -0.130. The Morgan fingerprint density at radius 3 is 2.47 bits per heavy atom. The summed E-state index contributed by atoms with van der Waals surface area (Å²) in [5, 5.41) is 6.32. The van der Waals surface area contributed by atoms with Crippen molar-refractivity contribution in [2.45, 2.75) is 39.5 Å². The van der Waals surface area contributed by atoms with E-state index in [1.54, 1.807) is 7.05 Å². The largest absolute Gasteiger partial charge is 0.356 e. The zero-order chi connectivity index (χ0) is 14.1. The van der Waals surface area contributed by atoms with Gasteiger partial charge in [-0.1, -0.05) is 13.8 Å². The van der Waals surface area contributed by atoms with Gasteiger partial charge in [0, 0.05) is 26.7 Å². The van der Waals surface area contributed by atoms with Crippen LogP contribution in [0.1, 0.15) is 39.5 Å². The summed E-state index contributed by atoms with van der Waals surface area (Å²) in [6.45, 7) is 7.41. The lowest BCUT2D eigenvalue weighted by Gasteiger charge is -2.27. The molecule has 0 unspecified atom stereocenters. The average Bonchev–Trinajstić information content (AvgIpc) is 2.42. The van der Waals surface area contributed by atoms with E-state index in [9.17, 15) is 4.79 Å². The first-order valence-electron chi connectivity index (χ1n) is 7.35. The predicted octanol–water partition coefficient (Wildman–Crippen LogP) is 1.21. The zero-order valence-electron chi connectivity index (χ0n) is 12.5. The number of piperidine rings is 1. The van der Waals surface area contributed by atoms with Gasteiger partial charge in [0.1, 0.15) is 0 Å². The SMILES string of the molecule is CN=C(NCCC(C)C)NCC(=O)N1CCCCC1. The lowest BCUT2D eigenvalue weighted by atomic mass is 10.1. The van der Waals surface area contributed by atoms with Crippen LogP contribution in [0.2, 0.25) is 0 Å². The Kier molecular flexibility index (Phi) is 7.30. The zero-order valence-corrected chi connectivity index (χ0v) is 12.5. The third-order valence-corrected chi connectivity index (χ3v) is 3.35. The van der Waals surface area contributed by atoms with Crippen LogP contribution in [0.3, 0.4) is 0 Å². The van der Waals surface area contributed by atoms with Gasteiger partial charge < -0.3 is 15.5 Å². The maximum absolute atomic E-state index is 12.0. The maximum Gasteiger partial charge on any atom is 0.241 e. The summed E-state index contributed by atoms with van der Waals surface area (Å²) in [5.74, 6) is 1.55. The van der Waals surface area contributed by atoms with Gasteiger partial charge in [0.25, 0.3) is 0 Å². The fourth-order valence-corrected chi connectivity index (χ4v) is 2.11. The summed E-state index contributed by atoms with van der Waals surface area (Å²) >= 11 is 0. The van der Waals surface area contributed by atoms with Crippen LogP contribution in [0.25, 0.3) is 0 Å². The van der Waals surface area contributed by atoms with E-state index in [0.29, 0.717) is 18.4 Å². The van der Waals surface area contributed by atoms with E-state index >= 15 is 0 Å². The van der Waals surface area contributed by atoms with Gasteiger partial charge in [-0.3, -0.25) is 9.79 Å². The van der Waals surface area contributed by atoms with Gasteiger partial charge in [-0.15, -0.1) is 0 Å². The molecule has 2 N–H and O–H groups in total. The van der Waals surface area contributed by atoms with Gasteiger partial charge in [-0.25, -0.2) is 0 Å². The molecule has 1 fully saturated rings. The van der Waals surface area contributed by atoms with Crippen LogP contribution in [0, 0.1) is 5.92 Å². The topological polar surface area (TPSA) is 56.7 Å². The van der Waals surface area contributed by atoms with Crippen LogP contribution in [0.5, 0.6) is 0 Å². The van der Waals surface area contributed by atoms with Crippen LogP contribution < -0.4 is 10.6 Å².